The van der Waals surface area contributed by atoms with Gasteiger partial charge in [0.2, 0.25) is 0 Å². The van der Waals surface area contributed by atoms with Crippen molar-refractivity contribution in [1.82, 2.24) is 0 Å². The highest BCUT2D eigenvalue weighted by Crippen LogP contribution is 2.24. The summed E-state index contributed by atoms with van der Waals surface area (Å²) in [6, 6.07) is 2.51. The van der Waals surface area contributed by atoms with Crippen LogP contribution < -0.4 is 0 Å². The SMILES string of the molecule is O=[N+]([O-])c1cc(F)ccc1C(O)O. The van der Waals surface area contributed by atoms with Gasteiger partial charge in [-0.3, -0.25) is 10.1 Å². The van der Waals surface area contributed by atoms with Crippen molar-refractivity contribution in [3.63, 3.8) is 0 Å². The van der Waals surface area contributed by atoms with Crippen molar-refractivity contribution in [2.45, 2.75) is 6.29 Å². The quantitative estimate of drug-likeness (QED) is 0.406. The molecule has 0 radical (unpaired) electrons. The molecule has 13 heavy (non-hydrogen) atoms. The van der Waals surface area contributed by atoms with Crippen molar-refractivity contribution < 1.29 is 19.5 Å². The number of aliphatic hydroxyl groups excluding tert-OH is 1. The molecule has 0 saturated carbocycles. The summed E-state index contributed by atoms with van der Waals surface area (Å²) >= 11 is 0. The van der Waals surface area contributed by atoms with Crippen LogP contribution in [0.2, 0.25) is 0 Å². The minimum absolute atomic E-state index is 0.327. The lowest BCUT2D eigenvalue weighted by molar-refractivity contribution is -0.387. The minimum Gasteiger partial charge on any atom is -0.364 e. The van der Waals surface area contributed by atoms with E-state index in [1.807, 2.05) is 0 Å². The first kappa shape index (κ1) is 9.56. The molecule has 70 valence electrons. The van der Waals surface area contributed by atoms with Gasteiger partial charge in [0, 0.05) is 0 Å². The monoisotopic (exact) mass is 187 g/mol. The Kier molecular flexibility index (Phi) is 2.54. The summed E-state index contributed by atoms with van der Waals surface area (Å²) in [6.07, 6.45) is -1.97. The first-order valence-electron chi connectivity index (χ1n) is 3.32. The molecule has 0 aliphatic carbocycles. The van der Waals surface area contributed by atoms with Gasteiger partial charge in [0.05, 0.1) is 16.6 Å². The molecular weight excluding hydrogens is 181 g/mol. The molecule has 0 saturated heterocycles. The summed E-state index contributed by atoms with van der Waals surface area (Å²) in [5, 5.41) is 27.6. The van der Waals surface area contributed by atoms with Gasteiger partial charge in [0.25, 0.3) is 5.69 Å². The number of nitro groups is 1. The van der Waals surface area contributed by atoms with Crippen LogP contribution >= 0.6 is 0 Å². The van der Waals surface area contributed by atoms with Crippen LogP contribution in [0.25, 0.3) is 0 Å². The van der Waals surface area contributed by atoms with Crippen LogP contribution in [0.5, 0.6) is 0 Å². The zero-order chi connectivity index (χ0) is 10.0. The number of benzene rings is 1. The lowest BCUT2D eigenvalue weighted by Crippen LogP contribution is -2.01. The van der Waals surface area contributed by atoms with E-state index in [1.165, 1.54) is 0 Å². The van der Waals surface area contributed by atoms with Crippen LogP contribution in [0.15, 0.2) is 18.2 Å². The smallest absolute Gasteiger partial charge is 0.280 e. The summed E-state index contributed by atoms with van der Waals surface area (Å²) in [6.45, 7) is 0. The number of nitrogens with zero attached hydrogens (tertiary/aromatic N) is 1. The highest BCUT2D eigenvalue weighted by atomic mass is 19.1. The minimum atomic E-state index is -1.97. The van der Waals surface area contributed by atoms with Crippen LogP contribution in [0.4, 0.5) is 10.1 Å². The van der Waals surface area contributed by atoms with Crippen LogP contribution in [0.1, 0.15) is 11.9 Å². The van der Waals surface area contributed by atoms with Gasteiger partial charge in [-0.2, -0.15) is 0 Å². The fourth-order valence-corrected chi connectivity index (χ4v) is 0.893. The fraction of sp³-hybridized carbons (Fsp3) is 0.143. The normalized spacial score (nSPS) is 10.5. The van der Waals surface area contributed by atoms with Crippen LogP contribution in [0, 0.1) is 15.9 Å². The van der Waals surface area contributed by atoms with Gasteiger partial charge >= 0.3 is 0 Å². The van der Waals surface area contributed by atoms with Crippen molar-refractivity contribution in [1.29, 1.82) is 0 Å². The Balaban J connectivity index is 3.27. The lowest BCUT2D eigenvalue weighted by atomic mass is 10.1. The van der Waals surface area contributed by atoms with E-state index < -0.39 is 22.7 Å². The number of hydrogen-bond donors (Lipinski definition) is 2. The largest absolute Gasteiger partial charge is 0.364 e. The van der Waals surface area contributed by atoms with Crippen LogP contribution in [0.3, 0.4) is 0 Å². The third-order valence-electron chi connectivity index (χ3n) is 1.47. The molecule has 1 aromatic rings. The molecule has 2 N–H and O–H groups in total. The van der Waals surface area contributed by atoms with Crippen LogP contribution in [-0.2, 0) is 0 Å². The molecule has 6 heteroatoms. The molecule has 0 aromatic heterocycles. The molecule has 0 aliphatic rings. The van der Waals surface area contributed by atoms with Gasteiger partial charge in [-0.05, 0) is 12.1 Å². The maximum absolute atomic E-state index is 12.5. The Labute approximate surface area is 72.2 Å². The van der Waals surface area contributed by atoms with E-state index in [-0.39, 0.29) is 5.56 Å². The Morgan fingerprint density at radius 2 is 2.08 bits per heavy atom. The standard InChI is InChI=1S/C7H6FNO4/c8-4-1-2-5(7(10)11)6(3-4)9(12)13/h1-3,7,10-11H. The lowest BCUT2D eigenvalue weighted by Gasteiger charge is -2.03. The maximum Gasteiger partial charge on any atom is 0.280 e. The molecule has 0 bridgehead atoms. The van der Waals surface area contributed by atoms with Crippen molar-refractivity contribution in [3.05, 3.63) is 39.7 Å². The molecule has 1 aromatic carbocycles. The van der Waals surface area contributed by atoms with Crippen molar-refractivity contribution in [2.75, 3.05) is 0 Å². The van der Waals surface area contributed by atoms with Crippen molar-refractivity contribution in [2.24, 2.45) is 0 Å². The molecular formula is C7H6FNO4. The Bertz CT molecular complexity index is 339. The number of halogens is 1. The van der Waals surface area contributed by atoms with E-state index in [2.05, 4.69) is 0 Å². The predicted octanol–water partition coefficient (Wildman–Crippen LogP) is 0.717. The van der Waals surface area contributed by atoms with Crippen molar-refractivity contribution >= 4 is 5.69 Å². The molecule has 0 spiro atoms. The van der Waals surface area contributed by atoms with E-state index in [0.29, 0.717) is 6.07 Å². The van der Waals surface area contributed by atoms with E-state index in [0.717, 1.165) is 12.1 Å². The molecule has 0 fully saturated rings. The second-order valence-electron chi connectivity index (χ2n) is 2.33. The number of nitro benzene ring substituents is 1. The predicted molar refractivity (Wildman–Crippen MR) is 40.2 cm³/mol. The summed E-state index contributed by atoms with van der Waals surface area (Å²) in [4.78, 5) is 9.42. The first-order chi connectivity index (χ1) is 6.02. The summed E-state index contributed by atoms with van der Waals surface area (Å²) in [7, 11) is 0. The third-order valence-corrected chi connectivity index (χ3v) is 1.47. The number of rotatable bonds is 2. The molecule has 0 heterocycles. The molecule has 0 atom stereocenters. The summed E-state index contributed by atoms with van der Waals surface area (Å²) in [5.74, 6) is -0.795. The highest BCUT2D eigenvalue weighted by Gasteiger charge is 2.19. The topological polar surface area (TPSA) is 83.6 Å². The van der Waals surface area contributed by atoms with E-state index in [4.69, 9.17) is 10.2 Å². The molecule has 0 amide bonds. The van der Waals surface area contributed by atoms with E-state index in [1.54, 1.807) is 0 Å². The Morgan fingerprint density at radius 1 is 1.46 bits per heavy atom. The molecule has 0 unspecified atom stereocenters. The van der Waals surface area contributed by atoms with Gasteiger partial charge in [-0.25, -0.2) is 4.39 Å². The summed E-state index contributed by atoms with van der Waals surface area (Å²) < 4.78 is 12.5. The highest BCUT2D eigenvalue weighted by molar-refractivity contribution is 5.40. The van der Waals surface area contributed by atoms with Gasteiger partial charge in [0.15, 0.2) is 6.29 Å². The second kappa shape index (κ2) is 3.46. The second-order valence-corrected chi connectivity index (χ2v) is 2.33. The van der Waals surface area contributed by atoms with Crippen LogP contribution in [-0.4, -0.2) is 15.1 Å². The average molecular weight is 187 g/mol. The zero-order valence-corrected chi connectivity index (χ0v) is 6.35. The Morgan fingerprint density at radius 3 is 2.54 bits per heavy atom. The molecule has 5 nitrogen and oxygen atoms in total. The average Bonchev–Trinajstić information content (AvgIpc) is 2.03. The van der Waals surface area contributed by atoms with Gasteiger partial charge in [-0.1, -0.05) is 0 Å². The van der Waals surface area contributed by atoms with E-state index >= 15 is 0 Å². The zero-order valence-electron chi connectivity index (χ0n) is 6.35. The maximum atomic E-state index is 12.5. The number of aliphatic hydroxyl groups is 2. The summed E-state index contributed by atoms with van der Waals surface area (Å²) in [5.41, 5.74) is -0.971. The molecule has 0 aliphatic heterocycles. The third kappa shape index (κ3) is 1.98. The van der Waals surface area contributed by atoms with Gasteiger partial charge in [0.1, 0.15) is 5.82 Å². The number of hydrogen-bond acceptors (Lipinski definition) is 4. The van der Waals surface area contributed by atoms with Gasteiger partial charge < -0.3 is 10.2 Å². The van der Waals surface area contributed by atoms with Crippen molar-refractivity contribution in [3.8, 4) is 0 Å². The van der Waals surface area contributed by atoms with Gasteiger partial charge in [-0.15, -0.1) is 0 Å². The van der Waals surface area contributed by atoms with E-state index in [9.17, 15) is 14.5 Å². The fourth-order valence-electron chi connectivity index (χ4n) is 0.893. The molecule has 1 rings (SSSR count). The Hall–Kier alpha value is -1.53. The first-order valence-corrected chi connectivity index (χ1v) is 3.32.